The van der Waals surface area contributed by atoms with Gasteiger partial charge in [-0.1, -0.05) is 13.3 Å². The quantitative estimate of drug-likeness (QED) is 0.720. The molecular weight excluding hydrogens is 176 g/mol. The minimum atomic E-state index is -0.701. The zero-order chi connectivity index (χ0) is 10.8. The van der Waals surface area contributed by atoms with Crippen LogP contribution < -0.4 is 11.1 Å². The summed E-state index contributed by atoms with van der Waals surface area (Å²) in [5, 5.41) is 3.05. The Hall–Kier alpha value is -0.570. The number of nitrogens with one attached hydrogen (secondary N) is 1. The molecule has 0 aromatic heterocycles. The van der Waals surface area contributed by atoms with Crippen LogP contribution in [0.4, 0.5) is 0 Å². The predicted octanol–water partition coefficient (Wildman–Crippen LogP) is 1.56. The fraction of sp³-hybridized carbons (Fsp3) is 0.909. The fourth-order valence-corrected chi connectivity index (χ4v) is 1.88. The van der Waals surface area contributed by atoms with Crippen molar-refractivity contribution in [1.82, 2.24) is 5.32 Å². The summed E-state index contributed by atoms with van der Waals surface area (Å²) in [6.45, 7) is 5.95. The first kappa shape index (κ1) is 11.5. The molecule has 0 aromatic rings. The molecule has 14 heavy (non-hydrogen) atoms. The Labute approximate surface area is 86.4 Å². The van der Waals surface area contributed by atoms with Gasteiger partial charge in [0.2, 0.25) is 5.91 Å². The Morgan fingerprint density at radius 1 is 1.57 bits per heavy atom. The highest BCUT2D eigenvalue weighted by Gasteiger charge is 2.37. The molecular formula is C11H22N2O. The molecule has 1 aliphatic carbocycles. The lowest BCUT2D eigenvalue weighted by atomic mass is 9.78. The predicted molar refractivity (Wildman–Crippen MR) is 57.9 cm³/mol. The normalized spacial score (nSPS) is 23.4. The van der Waals surface area contributed by atoms with Gasteiger partial charge in [0.1, 0.15) is 0 Å². The molecule has 3 heteroatoms. The molecule has 1 aliphatic rings. The summed E-state index contributed by atoms with van der Waals surface area (Å²) in [5.74, 6) is 0.00144. The van der Waals surface area contributed by atoms with Gasteiger partial charge >= 0.3 is 0 Å². The Kier molecular flexibility index (Phi) is 3.20. The molecule has 0 aliphatic heterocycles. The van der Waals surface area contributed by atoms with Gasteiger partial charge < -0.3 is 11.1 Å². The molecule has 0 radical (unpaired) electrons. The monoisotopic (exact) mass is 198 g/mol. The summed E-state index contributed by atoms with van der Waals surface area (Å²) in [6.07, 6.45) is 5.07. The molecule has 0 spiro atoms. The molecule has 82 valence electrons. The number of rotatable bonds is 4. The van der Waals surface area contributed by atoms with Crippen LogP contribution in [-0.4, -0.2) is 17.0 Å². The Balaban J connectivity index is 2.48. The molecule has 1 saturated carbocycles. The minimum absolute atomic E-state index is 0.00144. The van der Waals surface area contributed by atoms with Crippen LogP contribution in [0.5, 0.6) is 0 Å². The first-order valence-electron chi connectivity index (χ1n) is 5.51. The van der Waals surface area contributed by atoms with Crippen LogP contribution in [0.3, 0.4) is 0 Å². The van der Waals surface area contributed by atoms with Crippen molar-refractivity contribution >= 4 is 5.91 Å². The summed E-state index contributed by atoms with van der Waals surface area (Å²) in [6, 6.07) is 0. The highest BCUT2D eigenvalue weighted by atomic mass is 16.2. The van der Waals surface area contributed by atoms with E-state index in [2.05, 4.69) is 12.2 Å². The number of carbonyl (C=O) groups is 1. The van der Waals surface area contributed by atoms with E-state index in [-0.39, 0.29) is 11.4 Å². The minimum Gasteiger partial charge on any atom is -0.349 e. The highest BCUT2D eigenvalue weighted by Crippen LogP contribution is 2.31. The maximum absolute atomic E-state index is 11.8. The first-order valence-corrected chi connectivity index (χ1v) is 5.51. The number of amides is 1. The van der Waals surface area contributed by atoms with E-state index in [4.69, 9.17) is 5.73 Å². The van der Waals surface area contributed by atoms with Gasteiger partial charge in [-0.15, -0.1) is 0 Å². The van der Waals surface area contributed by atoms with E-state index in [1.807, 2.05) is 13.8 Å². The molecule has 3 nitrogen and oxygen atoms in total. The van der Waals surface area contributed by atoms with Crippen molar-refractivity contribution in [2.75, 3.05) is 0 Å². The van der Waals surface area contributed by atoms with Crippen LogP contribution in [0.25, 0.3) is 0 Å². The molecule has 1 fully saturated rings. The van der Waals surface area contributed by atoms with Gasteiger partial charge in [0.05, 0.1) is 5.54 Å². The largest absolute Gasteiger partial charge is 0.349 e. The average Bonchev–Trinajstić information content (AvgIpc) is 2.01. The second-order valence-electron chi connectivity index (χ2n) is 5.04. The van der Waals surface area contributed by atoms with Crippen molar-refractivity contribution in [2.24, 2.45) is 5.73 Å². The van der Waals surface area contributed by atoms with Gasteiger partial charge in [-0.3, -0.25) is 4.79 Å². The highest BCUT2D eigenvalue weighted by molar-refractivity contribution is 5.86. The number of nitrogens with two attached hydrogens (primary N) is 1. The van der Waals surface area contributed by atoms with Crippen molar-refractivity contribution < 1.29 is 4.79 Å². The van der Waals surface area contributed by atoms with E-state index >= 15 is 0 Å². The third kappa shape index (κ3) is 2.47. The van der Waals surface area contributed by atoms with Crippen LogP contribution in [-0.2, 0) is 4.79 Å². The van der Waals surface area contributed by atoms with E-state index in [1.165, 1.54) is 6.42 Å². The van der Waals surface area contributed by atoms with Gasteiger partial charge in [0.25, 0.3) is 0 Å². The number of hydrogen-bond acceptors (Lipinski definition) is 2. The standard InChI is InChI=1S/C11H22N2O/c1-4-6-11(3,12)9(14)13-10(2)7-5-8-10/h4-8,12H2,1-3H3,(H,13,14). The van der Waals surface area contributed by atoms with Gasteiger partial charge in [0.15, 0.2) is 0 Å². The van der Waals surface area contributed by atoms with Crippen LogP contribution in [0.1, 0.15) is 52.9 Å². The molecule has 0 aromatic carbocycles. The summed E-state index contributed by atoms with van der Waals surface area (Å²) in [4.78, 5) is 11.8. The second kappa shape index (κ2) is 3.89. The Morgan fingerprint density at radius 2 is 2.14 bits per heavy atom. The van der Waals surface area contributed by atoms with E-state index < -0.39 is 5.54 Å². The fourth-order valence-electron chi connectivity index (χ4n) is 1.88. The number of hydrogen-bond donors (Lipinski definition) is 2. The van der Waals surface area contributed by atoms with Crippen LogP contribution in [0, 0.1) is 0 Å². The molecule has 0 bridgehead atoms. The van der Waals surface area contributed by atoms with E-state index in [0.29, 0.717) is 0 Å². The third-order valence-corrected chi connectivity index (χ3v) is 3.16. The summed E-state index contributed by atoms with van der Waals surface area (Å²) in [7, 11) is 0. The average molecular weight is 198 g/mol. The van der Waals surface area contributed by atoms with E-state index in [1.54, 1.807) is 0 Å². The zero-order valence-corrected chi connectivity index (χ0v) is 9.52. The van der Waals surface area contributed by atoms with Gasteiger partial charge in [-0.25, -0.2) is 0 Å². The van der Waals surface area contributed by atoms with Crippen molar-refractivity contribution in [3.8, 4) is 0 Å². The SMILES string of the molecule is CCCC(C)(N)C(=O)NC1(C)CCC1. The molecule has 1 rings (SSSR count). The number of carbonyl (C=O) groups excluding carboxylic acids is 1. The van der Waals surface area contributed by atoms with E-state index in [0.717, 1.165) is 25.7 Å². The molecule has 1 atom stereocenters. The topological polar surface area (TPSA) is 55.1 Å². The molecule has 3 N–H and O–H groups in total. The Bertz CT molecular complexity index is 219. The smallest absolute Gasteiger partial charge is 0.240 e. The summed E-state index contributed by atoms with van der Waals surface area (Å²) >= 11 is 0. The van der Waals surface area contributed by atoms with Crippen molar-refractivity contribution in [3.05, 3.63) is 0 Å². The van der Waals surface area contributed by atoms with Gasteiger partial charge in [-0.2, -0.15) is 0 Å². The molecule has 0 heterocycles. The zero-order valence-electron chi connectivity index (χ0n) is 9.52. The maximum atomic E-state index is 11.8. The lowest BCUT2D eigenvalue weighted by molar-refractivity contribution is -0.128. The Morgan fingerprint density at radius 3 is 2.50 bits per heavy atom. The third-order valence-electron chi connectivity index (χ3n) is 3.16. The first-order chi connectivity index (χ1) is 6.40. The second-order valence-corrected chi connectivity index (χ2v) is 5.04. The van der Waals surface area contributed by atoms with Crippen LogP contribution in [0.2, 0.25) is 0 Å². The summed E-state index contributed by atoms with van der Waals surface area (Å²) in [5.41, 5.74) is 5.26. The summed E-state index contributed by atoms with van der Waals surface area (Å²) < 4.78 is 0. The van der Waals surface area contributed by atoms with Gasteiger partial charge in [0, 0.05) is 5.54 Å². The van der Waals surface area contributed by atoms with Crippen LogP contribution >= 0.6 is 0 Å². The van der Waals surface area contributed by atoms with Crippen molar-refractivity contribution in [2.45, 2.75) is 64.0 Å². The molecule has 1 amide bonds. The van der Waals surface area contributed by atoms with Crippen molar-refractivity contribution in [3.63, 3.8) is 0 Å². The van der Waals surface area contributed by atoms with Crippen molar-refractivity contribution in [1.29, 1.82) is 0 Å². The molecule has 1 unspecified atom stereocenters. The van der Waals surface area contributed by atoms with Crippen LogP contribution in [0.15, 0.2) is 0 Å². The van der Waals surface area contributed by atoms with E-state index in [9.17, 15) is 4.79 Å². The van der Waals surface area contributed by atoms with Gasteiger partial charge in [-0.05, 0) is 39.5 Å². The molecule has 0 saturated heterocycles. The maximum Gasteiger partial charge on any atom is 0.240 e. The lowest BCUT2D eigenvalue weighted by Crippen LogP contribution is -2.60. The lowest BCUT2D eigenvalue weighted by Gasteiger charge is -2.41.